The summed E-state index contributed by atoms with van der Waals surface area (Å²) in [6.07, 6.45) is 60.0. The molecule has 0 fully saturated rings. The molecule has 0 aromatic carbocycles. The summed E-state index contributed by atoms with van der Waals surface area (Å²) >= 11 is 42.1. The van der Waals surface area contributed by atoms with Gasteiger partial charge in [0.25, 0.3) is 0 Å². The molecule has 514 valence electrons. The van der Waals surface area contributed by atoms with E-state index in [4.69, 9.17) is 132 Å². The molecule has 0 aliphatic heterocycles. The summed E-state index contributed by atoms with van der Waals surface area (Å²) in [6.45, 7) is 23.2. The Morgan fingerprint density at radius 2 is 0.259 bits per heavy atom. The number of unbranched alkanes of at least 4 members (excludes halogenated alkanes) is 40. The largest absolute Gasteiger partial charge is 4.00 e. The fraction of sp³-hybridized carbons (Fsp3) is 1.00. The van der Waals surface area contributed by atoms with Gasteiger partial charge in [0.1, 0.15) is 0 Å². The zero-order valence-corrected chi connectivity index (χ0v) is 68.4. The minimum atomic E-state index is -2.40. The molecule has 0 N–H and O–H groups in total. The molecule has 0 aromatic heterocycles. The van der Waals surface area contributed by atoms with E-state index in [1.807, 2.05) is 0 Å². The summed E-state index contributed by atoms with van der Waals surface area (Å²) in [4.78, 5) is 0. The van der Waals surface area contributed by atoms with E-state index < -0.39 is 22.8 Å². The Morgan fingerprint density at radius 3 is 0.353 bits per heavy atom. The van der Waals surface area contributed by atoms with Crippen molar-refractivity contribution < 1.29 is 57.3 Å². The summed E-state index contributed by atoms with van der Waals surface area (Å²) in [7, 11) is 0. The minimum absolute atomic E-state index is 0. The average molecular weight is 1510 g/mol. The molecule has 21 heteroatoms. The van der Waals surface area contributed by atoms with Gasteiger partial charge in [-0.1, -0.05) is 359 Å². The van der Waals surface area contributed by atoms with Gasteiger partial charge in [-0.25, -0.2) is 0 Å². The van der Waals surface area contributed by atoms with Crippen LogP contribution in [0.1, 0.15) is 364 Å². The van der Waals surface area contributed by atoms with Crippen molar-refractivity contribution in [2.24, 2.45) is 0 Å². The molecule has 0 radical (unpaired) electrons. The Kier molecular flexibility index (Phi) is 91.2. The first-order valence-corrected chi connectivity index (χ1v) is 49.5. The third-order valence-electron chi connectivity index (χ3n) is 14.0. The summed E-state index contributed by atoms with van der Waals surface area (Å²) in [6, 6.07) is 0. The Balaban J connectivity index is -0.000000333. The van der Waals surface area contributed by atoms with Crippen LogP contribution in [-0.2, 0) is 153 Å². The Morgan fingerprint density at radius 1 is 0.176 bits per heavy atom. The molecule has 0 aliphatic rings. The van der Waals surface area contributed by atoms with Crippen LogP contribution in [0.5, 0.6) is 0 Å². The summed E-state index contributed by atoms with van der Waals surface area (Å²) in [5.74, 6) is 0. The second-order valence-corrected chi connectivity index (χ2v) is 42.6. The Bertz CT molecular complexity index is 1180. The number of rotatable bonds is 64. The van der Waals surface area contributed by atoms with E-state index >= 15 is 0 Å². The fourth-order valence-corrected chi connectivity index (χ4v) is 15.3. The molecule has 0 heterocycles. The van der Waals surface area contributed by atoms with Crippen molar-refractivity contribution in [3.63, 3.8) is 0 Å². The maximum absolute atomic E-state index is 5.60. The van der Waals surface area contributed by atoms with Gasteiger partial charge < -0.3 is 85.2 Å². The molecule has 0 bridgehead atoms. The van der Waals surface area contributed by atoms with E-state index in [1.54, 1.807) is 0 Å². The van der Waals surface area contributed by atoms with E-state index in [9.17, 15) is 0 Å². The van der Waals surface area contributed by atoms with Gasteiger partial charge in [-0.05, 0) is 51.4 Å². The van der Waals surface area contributed by atoms with Crippen molar-refractivity contribution >= 4 is 119 Å². The molecule has 8 nitrogen and oxygen atoms in total. The van der Waals surface area contributed by atoms with E-state index in [0.29, 0.717) is 52.9 Å². The van der Waals surface area contributed by atoms with Crippen LogP contribution in [0.25, 0.3) is 0 Å². The minimum Gasteiger partial charge on any atom is -0.691 e. The van der Waals surface area contributed by atoms with Gasteiger partial charge in [0.15, 0.2) is 0 Å². The molecule has 0 aromatic rings. The third kappa shape index (κ3) is 92.6. The monoisotopic (exact) mass is 1510 g/mol. The predicted molar refractivity (Wildman–Crippen MR) is 401 cm³/mol. The fourth-order valence-electron chi connectivity index (χ4n) is 8.62. The van der Waals surface area contributed by atoms with Crippen LogP contribution in [0.4, 0.5) is 0 Å². The van der Waals surface area contributed by atoms with E-state index in [2.05, 4.69) is 55.4 Å². The molecule has 0 spiro atoms. The maximum Gasteiger partial charge on any atom is 4.00 e. The number of hydrogen-bond donors (Lipinski definition) is 0. The molecule has 0 rings (SSSR count). The first-order chi connectivity index (χ1) is 40.5. The van der Waals surface area contributed by atoms with Gasteiger partial charge in [0.2, 0.25) is 0 Å². The predicted octanol–water partition coefficient (Wildman–Crippen LogP) is 26.0. The van der Waals surface area contributed by atoms with Crippen LogP contribution in [0.3, 0.4) is 0 Å². The van der Waals surface area contributed by atoms with Crippen LogP contribution in [0.15, 0.2) is 0 Å². The average Bonchev–Trinajstić information content (AvgIpc) is 3.50. The second-order valence-electron chi connectivity index (χ2n) is 22.6. The smallest absolute Gasteiger partial charge is 0.691 e. The van der Waals surface area contributed by atoms with Gasteiger partial charge in [0.05, 0.1) is 75.6 Å². The SMILES string of the molecule is CCCCCCCCOP(=S)([S-])OCCCCCCCC.CCCCCCCCOP(=S)([S-])OCCCCCCCC.CCCCCCCCOP(=S)([S-])OCCCCCCCC.CCCCCCCCOP(=S)([S-])OCCCCCCCC.[Mo+4]. The summed E-state index contributed by atoms with van der Waals surface area (Å²) < 4.78 is 44.8. The van der Waals surface area contributed by atoms with Gasteiger partial charge in [-0.3, -0.25) is 0 Å². The van der Waals surface area contributed by atoms with Crippen molar-refractivity contribution in [3.05, 3.63) is 0 Å². The molecular formula is C64H136MoO8P4S8. The van der Waals surface area contributed by atoms with Crippen molar-refractivity contribution in [3.8, 4) is 0 Å². The summed E-state index contributed by atoms with van der Waals surface area (Å²) in [5, 5.41) is 0. The topological polar surface area (TPSA) is 73.8 Å². The van der Waals surface area contributed by atoms with Gasteiger partial charge >= 0.3 is 21.1 Å². The van der Waals surface area contributed by atoms with Gasteiger partial charge in [0, 0.05) is 0 Å². The van der Waals surface area contributed by atoms with Crippen LogP contribution in [0, 0.1) is 0 Å². The standard InChI is InChI=1S/4C16H35O2PS2.Mo/c4*1-3-5-7-9-11-13-15-17-19(20,21)18-16-14-12-10-8-6-4-2;/h4*3-16H2,1-2H3,(H,20,21);/q;;;;+4/p-4. The van der Waals surface area contributed by atoms with Crippen LogP contribution in [0.2, 0.25) is 0 Å². The zero-order chi connectivity index (χ0) is 63.3. The molecule has 0 aliphatic carbocycles. The first kappa shape index (κ1) is 98.0. The summed E-state index contributed by atoms with van der Waals surface area (Å²) in [5.41, 5.74) is -9.59. The van der Waals surface area contributed by atoms with Gasteiger partial charge in [-0.15, -0.1) is 0 Å². The van der Waals surface area contributed by atoms with Crippen LogP contribution in [-0.4, -0.2) is 52.9 Å². The van der Waals surface area contributed by atoms with Crippen LogP contribution >= 0.6 is 22.8 Å². The molecule has 0 saturated heterocycles. The number of hydrogen-bond acceptors (Lipinski definition) is 16. The van der Waals surface area contributed by atoms with Gasteiger partial charge in [-0.2, -0.15) is 0 Å². The van der Waals surface area contributed by atoms with E-state index in [1.165, 1.54) is 257 Å². The maximum atomic E-state index is 5.60. The Labute approximate surface area is 587 Å². The Hall–Kier alpha value is 4.37. The van der Waals surface area contributed by atoms with Crippen LogP contribution < -0.4 is 0 Å². The molecular weight excluding hydrogens is 1370 g/mol. The van der Waals surface area contributed by atoms with Crippen molar-refractivity contribution in [2.45, 2.75) is 364 Å². The zero-order valence-electron chi connectivity index (χ0n) is 56.3. The molecule has 0 saturated carbocycles. The third-order valence-corrected chi connectivity index (χ3v) is 23.0. The normalized spacial score (nSPS) is 11.8. The molecule has 0 atom stereocenters. The second kappa shape index (κ2) is 79.1. The quantitative estimate of drug-likeness (QED) is 0.0251. The van der Waals surface area contributed by atoms with Crippen molar-refractivity contribution in [1.29, 1.82) is 0 Å². The van der Waals surface area contributed by atoms with E-state index in [-0.39, 0.29) is 21.1 Å². The molecule has 0 unspecified atom stereocenters. The first-order valence-electron chi connectivity index (χ1n) is 34.9. The molecule has 0 amide bonds. The van der Waals surface area contributed by atoms with Crippen molar-refractivity contribution in [1.82, 2.24) is 0 Å². The van der Waals surface area contributed by atoms with E-state index in [0.717, 1.165) is 51.4 Å². The molecule has 85 heavy (non-hydrogen) atoms. The van der Waals surface area contributed by atoms with Crippen molar-refractivity contribution in [2.75, 3.05) is 52.9 Å².